The molecular weight excluding hydrogens is 534 g/mol. The quantitative estimate of drug-likeness (QED) is 0.259. The first kappa shape index (κ1) is 26.7. The minimum absolute atomic E-state index is 0.0613. The molecule has 4 heterocycles. The van der Waals surface area contributed by atoms with Gasteiger partial charge in [0.15, 0.2) is 5.79 Å². The molecule has 1 atom stereocenters. The number of hydrogen-bond acceptors (Lipinski definition) is 11. The zero-order valence-electron chi connectivity index (χ0n) is 21.6. The summed E-state index contributed by atoms with van der Waals surface area (Å²) in [6.07, 6.45) is -0.163. The summed E-state index contributed by atoms with van der Waals surface area (Å²) in [5.41, 5.74) is 9.38. The second-order valence-corrected chi connectivity index (χ2v) is 11.0. The number of thiophene rings is 1. The second-order valence-electron chi connectivity index (χ2n) is 9.26. The van der Waals surface area contributed by atoms with Gasteiger partial charge in [0.2, 0.25) is 5.89 Å². The van der Waals surface area contributed by atoms with Gasteiger partial charge < -0.3 is 24.4 Å². The number of aromatic nitrogens is 2. The van der Waals surface area contributed by atoms with Crippen LogP contribution in [0.25, 0.3) is 22.6 Å². The van der Waals surface area contributed by atoms with Crippen molar-refractivity contribution in [1.29, 1.82) is 10.5 Å². The lowest BCUT2D eigenvalue weighted by atomic mass is 9.97. The monoisotopic (exact) mass is 559 g/mol. The summed E-state index contributed by atoms with van der Waals surface area (Å²) in [5.74, 6) is 1.74. The zero-order chi connectivity index (χ0) is 27.6. The number of oxazole rings is 1. The van der Waals surface area contributed by atoms with E-state index in [-0.39, 0.29) is 23.0 Å². The minimum atomic E-state index is -0.616. The Morgan fingerprint density at radius 3 is 2.54 bits per heavy atom. The van der Waals surface area contributed by atoms with Gasteiger partial charge in [-0.1, -0.05) is 23.9 Å². The van der Waals surface area contributed by atoms with Gasteiger partial charge in [-0.2, -0.15) is 21.9 Å². The van der Waals surface area contributed by atoms with E-state index in [1.165, 1.54) is 11.8 Å². The van der Waals surface area contributed by atoms with Crippen molar-refractivity contribution in [3.8, 4) is 40.5 Å². The summed E-state index contributed by atoms with van der Waals surface area (Å²) < 4.78 is 23.1. The van der Waals surface area contributed by atoms with Gasteiger partial charge >= 0.3 is 0 Å². The van der Waals surface area contributed by atoms with Crippen LogP contribution in [0.3, 0.4) is 0 Å². The normalized spacial score (nSPS) is 16.1. The fourth-order valence-corrected chi connectivity index (χ4v) is 5.78. The third kappa shape index (κ3) is 5.77. The summed E-state index contributed by atoms with van der Waals surface area (Å²) in [5, 5.41) is 24.3. The van der Waals surface area contributed by atoms with Gasteiger partial charge in [0, 0.05) is 22.3 Å². The van der Waals surface area contributed by atoms with Gasteiger partial charge in [0.05, 0.1) is 17.9 Å². The predicted octanol–water partition coefficient (Wildman–Crippen LogP) is 5.92. The van der Waals surface area contributed by atoms with Crippen LogP contribution >= 0.6 is 23.1 Å². The van der Waals surface area contributed by atoms with Crippen molar-refractivity contribution in [1.82, 2.24) is 9.97 Å². The van der Waals surface area contributed by atoms with E-state index in [9.17, 15) is 10.5 Å². The molecule has 5 rings (SSSR count). The van der Waals surface area contributed by atoms with Crippen molar-refractivity contribution in [3.63, 3.8) is 0 Å². The molecule has 0 bridgehead atoms. The first-order valence-corrected chi connectivity index (χ1v) is 14.0. The number of nitrogens with zero attached hydrogens (tertiary/aromatic N) is 4. The maximum absolute atomic E-state index is 10.1. The van der Waals surface area contributed by atoms with Crippen LogP contribution in [0.4, 0.5) is 5.82 Å². The smallest absolute Gasteiger partial charge is 0.227 e. The largest absolute Gasteiger partial charge is 0.491 e. The Balaban J connectivity index is 1.38. The van der Waals surface area contributed by atoms with Crippen molar-refractivity contribution >= 4 is 28.9 Å². The Morgan fingerprint density at radius 1 is 1.13 bits per heavy atom. The molecule has 0 saturated carbocycles. The number of hydrogen-bond donors (Lipinski definition) is 1. The number of anilines is 1. The van der Waals surface area contributed by atoms with Gasteiger partial charge in [-0.05, 0) is 49.9 Å². The number of rotatable bonds is 8. The standard InChI is InChI=1S/C28H25N5O4S2/c1-16-23(32-26(36-16)18-8-9-38-14-18)15-39-27-22(11-30)24(21(10-29)25(31)33-27)17-4-6-19(7-5-17)34-12-20-13-35-28(2,3)37-20/h4-9,14,20H,12-13,15H2,1-3H3,(H2,31,33)/t20-/m1/s1. The molecule has 1 aromatic carbocycles. The summed E-state index contributed by atoms with van der Waals surface area (Å²) >= 11 is 2.89. The van der Waals surface area contributed by atoms with Crippen LogP contribution in [0, 0.1) is 29.6 Å². The zero-order valence-corrected chi connectivity index (χ0v) is 23.2. The van der Waals surface area contributed by atoms with Gasteiger partial charge in [0.25, 0.3) is 0 Å². The molecule has 3 aromatic heterocycles. The average Bonchev–Trinajstić information content (AvgIpc) is 3.66. The number of benzene rings is 1. The number of thioether (sulfide) groups is 1. The molecule has 0 spiro atoms. The van der Waals surface area contributed by atoms with E-state index in [0.29, 0.717) is 52.5 Å². The summed E-state index contributed by atoms with van der Waals surface area (Å²) in [7, 11) is 0. The SMILES string of the molecule is Cc1oc(-c2ccsc2)nc1CSc1nc(N)c(C#N)c(-c2ccc(OC[C@@H]3COC(C)(C)O3)cc2)c1C#N. The highest BCUT2D eigenvalue weighted by atomic mass is 32.2. The van der Waals surface area contributed by atoms with Crippen molar-refractivity contribution in [2.45, 2.75) is 43.4 Å². The fourth-order valence-electron chi connectivity index (χ4n) is 4.15. The molecule has 39 heavy (non-hydrogen) atoms. The molecule has 1 aliphatic heterocycles. The fraction of sp³-hybridized carbons (Fsp3) is 0.286. The van der Waals surface area contributed by atoms with E-state index in [1.807, 2.05) is 37.6 Å². The summed E-state index contributed by atoms with van der Waals surface area (Å²) in [4.78, 5) is 9.01. The molecule has 9 nitrogen and oxygen atoms in total. The van der Waals surface area contributed by atoms with Crippen molar-refractivity contribution in [2.24, 2.45) is 0 Å². The number of nitriles is 2. The Bertz CT molecular complexity index is 1570. The Kier molecular flexibility index (Phi) is 7.60. The first-order chi connectivity index (χ1) is 18.8. The van der Waals surface area contributed by atoms with Crippen molar-refractivity contribution in [3.05, 3.63) is 63.7 Å². The second kappa shape index (κ2) is 11.1. The van der Waals surface area contributed by atoms with E-state index < -0.39 is 5.79 Å². The Hall–Kier alpha value is -3.87. The minimum Gasteiger partial charge on any atom is -0.491 e. The highest BCUT2D eigenvalue weighted by Gasteiger charge is 2.33. The molecule has 0 aliphatic carbocycles. The molecule has 1 aliphatic rings. The van der Waals surface area contributed by atoms with Crippen LogP contribution in [0.2, 0.25) is 0 Å². The van der Waals surface area contributed by atoms with Crippen LogP contribution in [-0.4, -0.2) is 35.1 Å². The lowest BCUT2D eigenvalue weighted by Crippen LogP contribution is -2.25. The number of pyridine rings is 1. The van der Waals surface area contributed by atoms with E-state index in [2.05, 4.69) is 22.1 Å². The highest BCUT2D eigenvalue weighted by Crippen LogP contribution is 2.38. The lowest BCUT2D eigenvalue weighted by molar-refractivity contribution is -0.141. The van der Waals surface area contributed by atoms with Gasteiger partial charge in [-0.25, -0.2) is 9.97 Å². The average molecular weight is 560 g/mol. The van der Waals surface area contributed by atoms with Crippen LogP contribution in [0.1, 0.15) is 36.4 Å². The molecular formula is C28H25N5O4S2. The Morgan fingerprint density at radius 2 is 1.90 bits per heavy atom. The van der Waals surface area contributed by atoms with Gasteiger partial charge in [-0.15, -0.1) is 0 Å². The third-order valence-electron chi connectivity index (χ3n) is 6.07. The van der Waals surface area contributed by atoms with Crippen LogP contribution in [-0.2, 0) is 15.2 Å². The van der Waals surface area contributed by atoms with Crippen LogP contribution < -0.4 is 10.5 Å². The number of aryl methyl sites for hydroxylation is 1. The first-order valence-electron chi connectivity index (χ1n) is 12.1. The topological polar surface area (TPSA) is 140 Å². The van der Waals surface area contributed by atoms with E-state index >= 15 is 0 Å². The van der Waals surface area contributed by atoms with Crippen LogP contribution in [0.15, 0.2) is 50.5 Å². The number of nitrogens with two attached hydrogens (primary N) is 1. The highest BCUT2D eigenvalue weighted by molar-refractivity contribution is 7.98. The van der Waals surface area contributed by atoms with E-state index in [0.717, 1.165) is 11.3 Å². The Labute approximate surface area is 234 Å². The molecule has 2 N–H and O–H groups in total. The van der Waals surface area contributed by atoms with Gasteiger partial charge in [-0.3, -0.25) is 0 Å². The van der Waals surface area contributed by atoms with Gasteiger partial charge in [0.1, 0.15) is 52.8 Å². The van der Waals surface area contributed by atoms with Crippen molar-refractivity contribution < 1.29 is 18.6 Å². The van der Waals surface area contributed by atoms with Crippen LogP contribution in [0.5, 0.6) is 5.75 Å². The molecule has 198 valence electrons. The number of nitrogen functional groups attached to an aromatic ring is 1. The van der Waals surface area contributed by atoms with Crippen molar-refractivity contribution in [2.75, 3.05) is 18.9 Å². The van der Waals surface area contributed by atoms with E-state index in [4.69, 9.17) is 24.4 Å². The summed E-state index contributed by atoms with van der Waals surface area (Å²) in [6.45, 7) is 6.38. The molecule has 1 saturated heterocycles. The maximum atomic E-state index is 10.1. The molecule has 4 aromatic rings. The molecule has 0 amide bonds. The maximum Gasteiger partial charge on any atom is 0.227 e. The number of ether oxygens (including phenoxy) is 3. The molecule has 11 heteroatoms. The molecule has 0 unspecified atom stereocenters. The van der Waals surface area contributed by atoms with E-state index in [1.54, 1.807) is 35.6 Å². The predicted molar refractivity (Wildman–Crippen MR) is 148 cm³/mol. The lowest BCUT2D eigenvalue weighted by Gasteiger charge is -2.17. The molecule has 1 fully saturated rings. The third-order valence-corrected chi connectivity index (χ3v) is 7.74. The molecule has 0 radical (unpaired) electrons. The summed E-state index contributed by atoms with van der Waals surface area (Å²) in [6, 6.07) is 13.5.